The zero-order valence-corrected chi connectivity index (χ0v) is 14.3. The molecule has 0 aromatic carbocycles. The highest BCUT2D eigenvalue weighted by Crippen LogP contribution is 2.24. The number of rotatable bonds is 5. The number of nitrogens with two attached hydrogens (primary N) is 1. The van der Waals surface area contributed by atoms with Crippen molar-refractivity contribution in [2.45, 2.75) is 71.6 Å². The van der Waals surface area contributed by atoms with E-state index in [2.05, 4.69) is 24.1 Å². The second-order valence-corrected chi connectivity index (χ2v) is 7.32. The fourth-order valence-electron chi connectivity index (χ4n) is 3.04. The average Bonchev–Trinajstić information content (AvgIpc) is 2.33. The summed E-state index contributed by atoms with van der Waals surface area (Å²) in [5.74, 6) is 0.801. The molecule has 5 heteroatoms. The van der Waals surface area contributed by atoms with E-state index in [-0.39, 0.29) is 6.09 Å². The van der Waals surface area contributed by atoms with Crippen LogP contribution in [0.5, 0.6) is 0 Å². The fourth-order valence-corrected chi connectivity index (χ4v) is 3.04. The monoisotopic (exact) mass is 299 g/mol. The molecule has 3 atom stereocenters. The number of piperidine rings is 1. The highest BCUT2D eigenvalue weighted by atomic mass is 16.6. The molecule has 0 radical (unpaired) electrons. The van der Waals surface area contributed by atoms with Gasteiger partial charge >= 0.3 is 6.09 Å². The second-order valence-electron chi connectivity index (χ2n) is 7.32. The van der Waals surface area contributed by atoms with E-state index in [9.17, 15) is 4.79 Å². The smallest absolute Gasteiger partial charge is 0.407 e. The summed E-state index contributed by atoms with van der Waals surface area (Å²) >= 11 is 0. The molecule has 1 saturated heterocycles. The molecule has 1 aliphatic heterocycles. The van der Waals surface area contributed by atoms with Crippen LogP contribution in [0, 0.1) is 5.92 Å². The molecule has 0 saturated carbocycles. The predicted molar refractivity (Wildman–Crippen MR) is 86.3 cm³/mol. The number of amides is 1. The van der Waals surface area contributed by atoms with Gasteiger partial charge in [0.2, 0.25) is 0 Å². The Labute approximate surface area is 129 Å². The summed E-state index contributed by atoms with van der Waals surface area (Å²) in [7, 11) is 0. The molecular formula is C16H33N3O2. The van der Waals surface area contributed by atoms with Crippen LogP contribution in [0.1, 0.15) is 53.9 Å². The minimum atomic E-state index is -0.450. The summed E-state index contributed by atoms with van der Waals surface area (Å²) in [5, 5.41) is 2.82. The number of nitrogens with one attached hydrogen (secondary N) is 1. The zero-order valence-electron chi connectivity index (χ0n) is 14.3. The van der Waals surface area contributed by atoms with Gasteiger partial charge in [-0.05, 0) is 59.4 Å². The Hall–Kier alpha value is -0.810. The van der Waals surface area contributed by atoms with Crippen LogP contribution in [-0.4, -0.2) is 48.3 Å². The van der Waals surface area contributed by atoms with Crippen molar-refractivity contribution < 1.29 is 9.53 Å². The van der Waals surface area contributed by atoms with Gasteiger partial charge in [0.05, 0.1) is 0 Å². The molecule has 1 heterocycles. The van der Waals surface area contributed by atoms with Crippen molar-refractivity contribution in [1.29, 1.82) is 0 Å². The first kappa shape index (κ1) is 18.2. The van der Waals surface area contributed by atoms with Crippen molar-refractivity contribution in [3.63, 3.8) is 0 Å². The van der Waals surface area contributed by atoms with Crippen molar-refractivity contribution in [2.75, 3.05) is 19.6 Å². The Bertz CT molecular complexity index is 328. The Kier molecular flexibility index (Phi) is 6.94. The number of ether oxygens (including phenoxy) is 1. The van der Waals surface area contributed by atoms with E-state index in [1.807, 2.05) is 20.8 Å². The first-order valence-electron chi connectivity index (χ1n) is 8.15. The first-order valence-corrected chi connectivity index (χ1v) is 8.15. The Balaban J connectivity index is 2.36. The number of carbonyl (C=O) groups excluding carboxylic acids is 1. The van der Waals surface area contributed by atoms with Crippen LogP contribution in [0.2, 0.25) is 0 Å². The minimum absolute atomic E-state index is 0.336. The van der Waals surface area contributed by atoms with Crippen LogP contribution < -0.4 is 11.1 Å². The third-order valence-corrected chi connectivity index (χ3v) is 4.08. The third kappa shape index (κ3) is 6.66. The van der Waals surface area contributed by atoms with Crippen LogP contribution >= 0.6 is 0 Å². The first-order chi connectivity index (χ1) is 9.73. The molecule has 1 aliphatic rings. The summed E-state index contributed by atoms with van der Waals surface area (Å²) in [6, 6.07) is 0.909. The van der Waals surface area contributed by atoms with Crippen LogP contribution in [0.25, 0.3) is 0 Å². The highest BCUT2D eigenvalue weighted by molar-refractivity contribution is 5.67. The van der Waals surface area contributed by atoms with E-state index in [0.29, 0.717) is 25.2 Å². The highest BCUT2D eigenvalue weighted by Gasteiger charge is 2.28. The van der Waals surface area contributed by atoms with E-state index in [4.69, 9.17) is 10.5 Å². The molecule has 21 heavy (non-hydrogen) atoms. The minimum Gasteiger partial charge on any atom is -0.444 e. The van der Waals surface area contributed by atoms with E-state index in [0.717, 1.165) is 18.9 Å². The van der Waals surface area contributed by atoms with Gasteiger partial charge < -0.3 is 15.8 Å². The number of carbonyl (C=O) groups is 1. The van der Waals surface area contributed by atoms with Gasteiger partial charge in [-0.2, -0.15) is 0 Å². The fraction of sp³-hybridized carbons (Fsp3) is 0.938. The molecule has 124 valence electrons. The molecule has 0 spiro atoms. The molecule has 1 amide bonds. The maximum absolute atomic E-state index is 11.6. The molecular weight excluding hydrogens is 266 g/mol. The summed E-state index contributed by atoms with van der Waals surface area (Å²) < 4.78 is 5.24. The lowest BCUT2D eigenvalue weighted by Crippen LogP contribution is -2.50. The zero-order chi connectivity index (χ0) is 16.0. The Morgan fingerprint density at radius 2 is 2.10 bits per heavy atom. The summed E-state index contributed by atoms with van der Waals surface area (Å²) in [6.07, 6.45) is 2.99. The molecule has 3 N–H and O–H groups in total. The van der Waals surface area contributed by atoms with Gasteiger partial charge in [0.15, 0.2) is 0 Å². The van der Waals surface area contributed by atoms with Crippen molar-refractivity contribution in [3.8, 4) is 0 Å². The van der Waals surface area contributed by atoms with E-state index < -0.39 is 5.60 Å². The lowest BCUT2D eigenvalue weighted by atomic mass is 9.91. The van der Waals surface area contributed by atoms with E-state index in [1.165, 1.54) is 12.8 Å². The Morgan fingerprint density at radius 3 is 2.62 bits per heavy atom. The molecule has 3 unspecified atom stereocenters. The maximum atomic E-state index is 11.6. The lowest BCUT2D eigenvalue weighted by Gasteiger charge is -2.41. The number of hydrogen-bond acceptors (Lipinski definition) is 4. The van der Waals surface area contributed by atoms with Gasteiger partial charge in [-0.3, -0.25) is 4.90 Å². The van der Waals surface area contributed by atoms with Crippen molar-refractivity contribution in [2.24, 2.45) is 11.7 Å². The molecule has 1 rings (SSSR count). The molecule has 0 bridgehead atoms. The van der Waals surface area contributed by atoms with Crippen LogP contribution in [0.15, 0.2) is 0 Å². The van der Waals surface area contributed by atoms with Crippen molar-refractivity contribution >= 4 is 6.09 Å². The van der Waals surface area contributed by atoms with Crippen LogP contribution in [0.4, 0.5) is 4.79 Å². The summed E-state index contributed by atoms with van der Waals surface area (Å²) in [4.78, 5) is 14.1. The summed E-state index contributed by atoms with van der Waals surface area (Å²) in [5.41, 5.74) is 5.48. The van der Waals surface area contributed by atoms with Crippen LogP contribution in [-0.2, 0) is 4.74 Å². The van der Waals surface area contributed by atoms with Gasteiger partial charge in [-0.1, -0.05) is 6.92 Å². The SMILES string of the molecule is CC1CCN(C(CN)CCNC(=O)OC(C)(C)C)C(C)C1. The van der Waals surface area contributed by atoms with Gasteiger partial charge in [0.25, 0.3) is 0 Å². The normalized spacial score (nSPS) is 25.4. The molecule has 0 aliphatic carbocycles. The standard InChI is InChI=1S/C16H33N3O2/c1-12-7-9-19(13(2)10-12)14(11-17)6-8-18-15(20)21-16(3,4)5/h12-14H,6-11,17H2,1-5H3,(H,18,20). The molecule has 5 nitrogen and oxygen atoms in total. The van der Waals surface area contributed by atoms with Gasteiger partial charge in [0.1, 0.15) is 5.60 Å². The van der Waals surface area contributed by atoms with Gasteiger partial charge in [-0.25, -0.2) is 4.79 Å². The average molecular weight is 299 g/mol. The van der Waals surface area contributed by atoms with E-state index >= 15 is 0 Å². The topological polar surface area (TPSA) is 67.6 Å². The van der Waals surface area contributed by atoms with Crippen LogP contribution in [0.3, 0.4) is 0 Å². The molecule has 0 aromatic rings. The lowest BCUT2D eigenvalue weighted by molar-refractivity contribution is 0.0508. The second kappa shape index (κ2) is 7.99. The molecule has 1 fully saturated rings. The number of likely N-dealkylation sites (tertiary alicyclic amines) is 1. The van der Waals surface area contributed by atoms with Crippen molar-refractivity contribution in [1.82, 2.24) is 10.2 Å². The number of nitrogens with zero attached hydrogens (tertiary/aromatic N) is 1. The Morgan fingerprint density at radius 1 is 1.43 bits per heavy atom. The number of alkyl carbamates (subject to hydrolysis) is 1. The quantitative estimate of drug-likeness (QED) is 0.817. The van der Waals surface area contributed by atoms with Gasteiger partial charge in [-0.15, -0.1) is 0 Å². The van der Waals surface area contributed by atoms with Crippen molar-refractivity contribution in [3.05, 3.63) is 0 Å². The predicted octanol–water partition coefficient (Wildman–Crippen LogP) is 2.35. The number of hydrogen-bond donors (Lipinski definition) is 2. The molecule has 0 aromatic heterocycles. The van der Waals surface area contributed by atoms with E-state index in [1.54, 1.807) is 0 Å². The maximum Gasteiger partial charge on any atom is 0.407 e. The largest absolute Gasteiger partial charge is 0.444 e. The third-order valence-electron chi connectivity index (χ3n) is 4.08. The summed E-state index contributed by atoms with van der Waals surface area (Å²) in [6.45, 7) is 12.5. The van der Waals surface area contributed by atoms with Gasteiger partial charge in [0, 0.05) is 25.2 Å².